The maximum absolute atomic E-state index is 12.1. The van der Waals surface area contributed by atoms with Crippen LogP contribution in [0.15, 0.2) is 66.7 Å². The third-order valence-corrected chi connectivity index (χ3v) is 5.14. The molecule has 4 heteroatoms. The van der Waals surface area contributed by atoms with Gasteiger partial charge in [0.05, 0.1) is 7.11 Å². The number of hydrogen-bond donors (Lipinski definition) is 1. The van der Waals surface area contributed by atoms with Crippen molar-refractivity contribution in [2.75, 3.05) is 7.11 Å². The van der Waals surface area contributed by atoms with Gasteiger partial charge in [0.1, 0.15) is 11.7 Å². The Kier molecular flexibility index (Phi) is 4.32. The largest absolute Gasteiger partial charge is 0.497 e. The molecule has 1 N–H and O–H groups in total. The zero-order valence-corrected chi connectivity index (χ0v) is 15.3. The van der Waals surface area contributed by atoms with E-state index in [4.69, 9.17) is 4.74 Å². The smallest absolute Gasteiger partial charge is 0.315 e. The quantitative estimate of drug-likeness (QED) is 0.543. The van der Waals surface area contributed by atoms with Crippen LogP contribution in [0.5, 0.6) is 5.75 Å². The molecule has 3 aromatic carbocycles. The minimum absolute atomic E-state index is 0.712. The summed E-state index contributed by atoms with van der Waals surface area (Å²) in [5.74, 6) is -0.868. The van der Waals surface area contributed by atoms with Crippen LogP contribution in [0.2, 0.25) is 0 Å². The van der Waals surface area contributed by atoms with Gasteiger partial charge >= 0.3 is 5.97 Å². The lowest BCUT2D eigenvalue weighted by Gasteiger charge is -2.14. The number of benzene rings is 3. The second-order valence-electron chi connectivity index (χ2n) is 6.58. The Morgan fingerprint density at radius 2 is 1.63 bits per heavy atom. The summed E-state index contributed by atoms with van der Waals surface area (Å²) in [5, 5.41) is 12.1. The number of methoxy groups -OCH3 is 1. The number of aryl methyl sites for hydroxylation is 1. The van der Waals surface area contributed by atoms with Crippen LogP contribution >= 0.6 is 0 Å². The first-order chi connectivity index (χ1) is 13.1. The number of carbonyl (C=O) groups is 1. The predicted octanol–water partition coefficient (Wildman–Crippen LogP) is 5.04. The minimum atomic E-state index is -0.862. The molecule has 1 unspecified atom stereocenters. The van der Waals surface area contributed by atoms with E-state index in [2.05, 4.69) is 23.6 Å². The molecule has 0 spiro atoms. The van der Waals surface area contributed by atoms with Crippen LogP contribution in [-0.2, 0) is 11.3 Å². The van der Waals surface area contributed by atoms with Crippen LogP contribution in [-0.4, -0.2) is 22.8 Å². The number of carboxylic acids is 1. The number of carboxylic acid groups (broad SMARTS) is 1. The maximum atomic E-state index is 12.1. The Hall–Kier alpha value is -3.27. The van der Waals surface area contributed by atoms with E-state index in [1.54, 1.807) is 19.2 Å². The van der Waals surface area contributed by atoms with Gasteiger partial charge in [0.15, 0.2) is 0 Å². The van der Waals surface area contributed by atoms with Crippen molar-refractivity contribution >= 4 is 27.8 Å². The van der Waals surface area contributed by atoms with E-state index in [9.17, 15) is 9.90 Å². The summed E-state index contributed by atoms with van der Waals surface area (Å²) in [6.07, 6.45) is 0. The SMILES string of the molecule is CCn1c2ccccc2c2cc(C(C(=O)O)c3ccc(OC)cc3)ccc21. The molecule has 0 saturated heterocycles. The lowest BCUT2D eigenvalue weighted by atomic mass is 9.90. The highest BCUT2D eigenvalue weighted by molar-refractivity contribution is 6.08. The van der Waals surface area contributed by atoms with Crippen molar-refractivity contribution in [3.8, 4) is 5.75 Å². The second-order valence-corrected chi connectivity index (χ2v) is 6.58. The Labute approximate surface area is 157 Å². The Morgan fingerprint density at radius 1 is 0.963 bits per heavy atom. The summed E-state index contributed by atoms with van der Waals surface area (Å²) in [6, 6.07) is 21.5. The Bertz CT molecular complexity index is 1130. The molecule has 0 fully saturated rings. The van der Waals surface area contributed by atoms with Crippen molar-refractivity contribution < 1.29 is 14.6 Å². The van der Waals surface area contributed by atoms with Gasteiger partial charge in [-0.1, -0.05) is 36.4 Å². The first-order valence-electron chi connectivity index (χ1n) is 9.01. The topological polar surface area (TPSA) is 51.5 Å². The molecule has 1 atom stereocenters. The number of hydrogen-bond acceptors (Lipinski definition) is 2. The van der Waals surface area contributed by atoms with E-state index < -0.39 is 11.9 Å². The highest BCUT2D eigenvalue weighted by atomic mass is 16.5. The second kappa shape index (κ2) is 6.80. The molecule has 0 aliphatic heterocycles. The van der Waals surface area contributed by atoms with Crippen molar-refractivity contribution in [1.82, 2.24) is 4.57 Å². The summed E-state index contributed by atoms with van der Waals surface area (Å²) in [4.78, 5) is 12.1. The van der Waals surface area contributed by atoms with Crippen molar-refractivity contribution in [1.29, 1.82) is 0 Å². The molecule has 4 rings (SSSR count). The van der Waals surface area contributed by atoms with E-state index in [0.29, 0.717) is 5.75 Å². The molecule has 0 radical (unpaired) electrons. The minimum Gasteiger partial charge on any atom is -0.497 e. The van der Waals surface area contributed by atoms with E-state index in [1.807, 2.05) is 42.5 Å². The van der Waals surface area contributed by atoms with Crippen molar-refractivity contribution in [3.63, 3.8) is 0 Å². The van der Waals surface area contributed by atoms with Gasteiger partial charge in [-0.3, -0.25) is 4.79 Å². The molecule has 4 nitrogen and oxygen atoms in total. The third-order valence-electron chi connectivity index (χ3n) is 5.14. The standard InChI is InChI=1S/C23H21NO3/c1-3-24-20-7-5-4-6-18(20)19-14-16(10-13-21(19)24)22(23(25)26)15-8-11-17(27-2)12-9-15/h4-14,22H,3H2,1-2H3,(H,25,26). The highest BCUT2D eigenvalue weighted by Crippen LogP contribution is 2.34. The number of ether oxygens (including phenoxy) is 1. The molecule has 1 heterocycles. The Balaban J connectivity index is 1.90. The number of para-hydroxylation sites is 1. The van der Waals surface area contributed by atoms with Crippen LogP contribution in [0, 0.1) is 0 Å². The van der Waals surface area contributed by atoms with Crippen LogP contribution in [0.4, 0.5) is 0 Å². The van der Waals surface area contributed by atoms with E-state index >= 15 is 0 Å². The van der Waals surface area contributed by atoms with E-state index in [1.165, 1.54) is 5.52 Å². The fourth-order valence-electron chi connectivity index (χ4n) is 3.87. The number of fused-ring (bicyclic) bond motifs is 3. The predicted molar refractivity (Wildman–Crippen MR) is 108 cm³/mol. The molecule has 0 bridgehead atoms. The fraction of sp³-hybridized carbons (Fsp3) is 0.174. The zero-order chi connectivity index (χ0) is 19.0. The lowest BCUT2D eigenvalue weighted by Crippen LogP contribution is -2.13. The van der Waals surface area contributed by atoms with Gasteiger partial charge in [-0.05, 0) is 48.4 Å². The number of aliphatic carboxylic acids is 1. The van der Waals surface area contributed by atoms with Gasteiger partial charge in [-0.25, -0.2) is 0 Å². The van der Waals surface area contributed by atoms with Crippen LogP contribution in [0.1, 0.15) is 24.0 Å². The molecular weight excluding hydrogens is 338 g/mol. The number of rotatable bonds is 5. The van der Waals surface area contributed by atoms with Gasteiger partial charge in [-0.2, -0.15) is 0 Å². The van der Waals surface area contributed by atoms with E-state index in [0.717, 1.165) is 34.0 Å². The summed E-state index contributed by atoms with van der Waals surface area (Å²) in [5.41, 5.74) is 3.81. The first-order valence-corrected chi connectivity index (χ1v) is 9.01. The van der Waals surface area contributed by atoms with Crippen molar-refractivity contribution in [3.05, 3.63) is 77.9 Å². The lowest BCUT2D eigenvalue weighted by molar-refractivity contribution is -0.137. The first kappa shape index (κ1) is 17.2. The molecule has 0 aliphatic rings. The summed E-state index contributed by atoms with van der Waals surface area (Å²) in [6.45, 7) is 2.99. The van der Waals surface area contributed by atoms with Crippen molar-refractivity contribution in [2.24, 2.45) is 0 Å². The summed E-state index contributed by atoms with van der Waals surface area (Å²) >= 11 is 0. The monoisotopic (exact) mass is 359 g/mol. The Morgan fingerprint density at radius 3 is 2.30 bits per heavy atom. The molecule has 4 aromatic rings. The highest BCUT2D eigenvalue weighted by Gasteiger charge is 2.23. The zero-order valence-electron chi connectivity index (χ0n) is 15.3. The van der Waals surface area contributed by atoms with E-state index in [-0.39, 0.29) is 0 Å². The van der Waals surface area contributed by atoms with Gasteiger partial charge in [0.25, 0.3) is 0 Å². The van der Waals surface area contributed by atoms with Crippen LogP contribution in [0.25, 0.3) is 21.8 Å². The normalized spacial score (nSPS) is 12.4. The van der Waals surface area contributed by atoms with Crippen LogP contribution < -0.4 is 4.74 Å². The van der Waals surface area contributed by atoms with Gasteiger partial charge < -0.3 is 14.4 Å². The average Bonchev–Trinajstić information content (AvgIpc) is 3.01. The average molecular weight is 359 g/mol. The molecular formula is C23H21NO3. The van der Waals surface area contributed by atoms with Gasteiger partial charge in [0, 0.05) is 28.4 Å². The maximum Gasteiger partial charge on any atom is 0.315 e. The van der Waals surface area contributed by atoms with Crippen molar-refractivity contribution in [2.45, 2.75) is 19.4 Å². The third kappa shape index (κ3) is 2.83. The number of aromatic nitrogens is 1. The molecule has 1 aromatic heterocycles. The molecule has 0 amide bonds. The fourth-order valence-corrected chi connectivity index (χ4v) is 3.87. The van der Waals surface area contributed by atoms with Gasteiger partial charge in [-0.15, -0.1) is 0 Å². The summed E-state index contributed by atoms with van der Waals surface area (Å²) < 4.78 is 7.45. The van der Waals surface area contributed by atoms with Crippen LogP contribution in [0.3, 0.4) is 0 Å². The molecule has 0 aliphatic carbocycles. The summed E-state index contributed by atoms with van der Waals surface area (Å²) in [7, 11) is 1.60. The molecule has 27 heavy (non-hydrogen) atoms. The molecule has 0 saturated carbocycles. The molecule has 136 valence electrons. The number of nitrogens with zero attached hydrogens (tertiary/aromatic N) is 1. The van der Waals surface area contributed by atoms with Gasteiger partial charge in [0.2, 0.25) is 0 Å².